The molecule has 1 aromatic carbocycles. The normalized spacial score (nSPS) is 30.7. The van der Waals surface area contributed by atoms with Gasteiger partial charge in [-0.15, -0.1) is 0 Å². The zero-order chi connectivity index (χ0) is 14.8. The van der Waals surface area contributed by atoms with Crippen molar-refractivity contribution in [2.24, 2.45) is 23.5 Å². The van der Waals surface area contributed by atoms with Crippen LogP contribution >= 0.6 is 11.6 Å². The van der Waals surface area contributed by atoms with Crippen LogP contribution in [0.4, 0.5) is 4.39 Å². The summed E-state index contributed by atoms with van der Waals surface area (Å²) in [4.78, 5) is 0. The van der Waals surface area contributed by atoms with E-state index < -0.39 is 0 Å². The van der Waals surface area contributed by atoms with Crippen molar-refractivity contribution in [3.63, 3.8) is 0 Å². The molecule has 0 heterocycles. The fourth-order valence-electron chi connectivity index (χ4n) is 4.40. The molecule has 3 heteroatoms. The minimum atomic E-state index is -0.336. The predicted octanol–water partition coefficient (Wildman–Crippen LogP) is 4.96. The van der Waals surface area contributed by atoms with Gasteiger partial charge in [-0.25, -0.2) is 4.39 Å². The lowest BCUT2D eigenvalue weighted by Crippen LogP contribution is -2.38. The molecule has 2 aliphatic carbocycles. The Morgan fingerprint density at radius 2 is 1.90 bits per heavy atom. The van der Waals surface area contributed by atoms with Crippen LogP contribution in [-0.2, 0) is 6.42 Å². The summed E-state index contributed by atoms with van der Waals surface area (Å²) in [5.74, 6) is 2.11. The maximum Gasteiger partial charge on any atom is 0.142 e. The second-order valence-electron chi connectivity index (χ2n) is 6.99. The number of halogens is 2. The maximum atomic E-state index is 13.5. The molecule has 1 aromatic rings. The van der Waals surface area contributed by atoms with Crippen LogP contribution in [0, 0.1) is 23.6 Å². The quantitative estimate of drug-likeness (QED) is 0.839. The Bertz CT molecular complexity index is 490. The van der Waals surface area contributed by atoms with E-state index in [0.717, 1.165) is 23.8 Å². The first kappa shape index (κ1) is 15.3. The molecule has 4 atom stereocenters. The van der Waals surface area contributed by atoms with Gasteiger partial charge in [0.1, 0.15) is 5.82 Å². The third-order valence-corrected chi connectivity index (χ3v) is 5.95. The number of hydrogen-bond donors (Lipinski definition) is 1. The third-order valence-electron chi connectivity index (χ3n) is 5.64. The summed E-state index contributed by atoms with van der Waals surface area (Å²) >= 11 is 5.74. The predicted molar refractivity (Wildman–Crippen MR) is 85.9 cm³/mol. The van der Waals surface area contributed by atoms with Crippen LogP contribution < -0.4 is 5.73 Å². The molecule has 0 aromatic heterocycles. The molecule has 2 N–H and O–H groups in total. The minimum absolute atomic E-state index is 0.147. The van der Waals surface area contributed by atoms with Crippen molar-refractivity contribution in [1.82, 2.24) is 0 Å². The SMILES string of the molecule is NC(Cc1ccc(Cl)c(F)c1)C1CCC2CCCCC2C1. The zero-order valence-electron chi connectivity index (χ0n) is 12.5. The van der Waals surface area contributed by atoms with Gasteiger partial charge in [-0.05, 0) is 61.1 Å². The smallest absolute Gasteiger partial charge is 0.142 e. The van der Waals surface area contributed by atoms with E-state index in [1.807, 2.05) is 6.07 Å². The number of benzene rings is 1. The Labute approximate surface area is 132 Å². The van der Waals surface area contributed by atoms with E-state index in [0.29, 0.717) is 5.92 Å². The van der Waals surface area contributed by atoms with Gasteiger partial charge in [0.2, 0.25) is 0 Å². The number of nitrogens with two attached hydrogens (primary N) is 1. The Morgan fingerprint density at radius 3 is 2.67 bits per heavy atom. The fraction of sp³-hybridized carbons (Fsp3) is 0.667. The van der Waals surface area contributed by atoms with Crippen LogP contribution in [0.3, 0.4) is 0 Å². The second-order valence-corrected chi connectivity index (χ2v) is 7.40. The van der Waals surface area contributed by atoms with E-state index in [4.69, 9.17) is 17.3 Å². The molecular weight excluding hydrogens is 285 g/mol. The summed E-state index contributed by atoms with van der Waals surface area (Å²) in [7, 11) is 0. The number of fused-ring (bicyclic) bond motifs is 1. The van der Waals surface area contributed by atoms with Gasteiger partial charge in [0.25, 0.3) is 0 Å². The Balaban J connectivity index is 1.60. The summed E-state index contributed by atoms with van der Waals surface area (Å²) in [5, 5.41) is 0.190. The first-order valence-corrected chi connectivity index (χ1v) is 8.71. The monoisotopic (exact) mass is 309 g/mol. The molecule has 0 bridgehead atoms. The average molecular weight is 310 g/mol. The van der Waals surface area contributed by atoms with Crippen molar-refractivity contribution in [1.29, 1.82) is 0 Å². The van der Waals surface area contributed by atoms with E-state index in [2.05, 4.69) is 0 Å². The summed E-state index contributed by atoms with van der Waals surface area (Å²) in [6.07, 6.45) is 10.3. The van der Waals surface area contributed by atoms with Crippen LogP contribution in [-0.4, -0.2) is 6.04 Å². The van der Waals surface area contributed by atoms with E-state index in [9.17, 15) is 4.39 Å². The van der Waals surface area contributed by atoms with Crippen LogP contribution in [0.1, 0.15) is 50.5 Å². The molecule has 4 unspecified atom stereocenters. The Hall–Kier alpha value is -0.600. The summed E-state index contributed by atoms with van der Waals surface area (Å²) < 4.78 is 13.5. The zero-order valence-corrected chi connectivity index (χ0v) is 13.3. The van der Waals surface area contributed by atoms with Gasteiger partial charge < -0.3 is 5.73 Å². The highest BCUT2D eigenvalue weighted by Gasteiger charge is 2.34. The van der Waals surface area contributed by atoms with Gasteiger partial charge in [-0.2, -0.15) is 0 Å². The second kappa shape index (κ2) is 6.66. The highest BCUT2D eigenvalue weighted by Crippen LogP contribution is 2.43. The average Bonchev–Trinajstić information content (AvgIpc) is 2.50. The van der Waals surface area contributed by atoms with Crippen molar-refractivity contribution >= 4 is 11.6 Å². The van der Waals surface area contributed by atoms with Gasteiger partial charge in [0.15, 0.2) is 0 Å². The van der Waals surface area contributed by atoms with Crippen molar-refractivity contribution in [3.05, 3.63) is 34.6 Å². The van der Waals surface area contributed by atoms with Gasteiger partial charge in [0, 0.05) is 6.04 Å². The third kappa shape index (κ3) is 3.60. The number of rotatable bonds is 3. The van der Waals surface area contributed by atoms with E-state index in [-0.39, 0.29) is 16.9 Å². The molecule has 1 nitrogen and oxygen atoms in total. The van der Waals surface area contributed by atoms with E-state index >= 15 is 0 Å². The van der Waals surface area contributed by atoms with Gasteiger partial charge >= 0.3 is 0 Å². The molecule has 0 aliphatic heterocycles. The summed E-state index contributed by atoms with van der Waals surface area (Å²) in [6, 6.07) is 5.22. The molecule has 116 valence electrons. The highest BCUT2D eigenvalue weighted by atomic mass is 35.5. The van der Waals surface area contributed by atoms with Crippen LogP contribution in [0.25, 0.3) is 0 Å². The molecule has 0 saturated heterocycles. The molecule has 3 rings (SSSR count). The summed E-state index contributed by atoms with van der Waals surface area (Å²) in [5.41, 5.74) is 7.40. The first-order chi connectivity index (χ1) is 10.1. The first-order valence-electron chi connectivity index (χ1n) is 8.33. The van der Waals surface area contributed by atoms with Crippen molar-refractivity contribution in [2.75, 3.05) is 0 Å². The maximum absolute atomic E-state index is 13.5. The lowest BCUT2D eigenvalue weighted by Gasteiger charge is -2.41. The van der Waals surface area contributed by atoms with Crippen LogP contribution in [0.5, 0.6) is 0 Å². The molecule has 0 radical (unpaired) electrons. The Morgan fingerprint density at radius 1 is 1.14 bits per heavy atom. The highest BCUT2D eigenvalue weighted by molar-refractivity contribution is 6.30. The van der Waals surface area contributed by atoms with Gasteiger partial charge in [-0.1, -0.05) is 43.4 Å². The molecule has 2 saturated carbocycles. The van der Waals surface area contributed by atoms with Gasteiger partial charge in [-0.3, -0.25) is 0 Å². The molecular formula is C18H25ClFN. The molecule has 2 aliphatic rings. The molecule has 21 heavy (non-hydrogen) atoms. The lowest BCUT2D eigenvalue weighted by atomic mass is 9.66. The topological polar surface area (TPSA) is 26.0 Å². The van der Waals surface area contributed by atoms with Crippen molar-refractivity contribution < 1.29 is 4.39 Å². The Kier molecular flexibility index (Phi) is 4.85. The summed E-state index contributed by atoms with van der Waals surface area (Å²) in [6.45, 7) is 0. The van der Waals surface area contributed by atoms with E-state index in [1.165, 1.54) is 51.0 Å². The van der Waals surface area contributed by atoms with Crippen molar-refractivity contribution in [2.45, 2.75) is 57.4 Å². The van der Waals surface area contributed by atoms with Crippen LogP contribution in [0.2, 0.25) is 5.02 Å². The molecule has 0 amide bonds. The standard InChI is InChI=1S/C18H25ClFN/c19-16-8-5-12(9-17(16)20)10-18(21)15-7-6-13-3-1-2-4-14(13)11-15/h5,8-9,13-15,18H,1-4,6-7,10-11,21H2. The van der Waals surface area contributed by atoms with Crippen molar-refractivity contribution in [3.8, 4) is 0 Å². The minimum Gasteiger partial charge on any atom is -0.327 e. The lowest BCUT2D eigenvalue weighted by molar-refractivity contribution is 0.117. The van der Waals surface area contributed by atoms with Crippen LogP contribution in [0.15, 0.2) is 18.2 Å². The fourth-order valence-corrected chi connectivity index (χ4v) is 4.52. The van der Waals surface area contributed by atoms with E-state index in [1.54, 1.807) is 6.07 Å². The molecule has 0 spiro atoms. The largest absolute Gasteiger partial charge is 0.327 e. The number of hydrogen-bond acceptors (Lipinski definition) is 1. The molecule has 2 fully saturated rings. The van der Waals surface area contributed by atoms with Gasteiger partial charge in [0.05, 0.1) is 5.02 Å².